The molecule has 4 rings (SSSR count). The Balaban J connectivity index is 1.45. The molecule has 7 heteroatoms. The van der Waals surface area contributed by atoms with Crippen LogP contribution < -0.4 is 10.8 Å². The van der Waals surface area contributed by atoms with Crippen molar-refractivity contribution < 1.29 is 10.0 Å². The van der Waals surface area contributed by atoms with Crippen LogP contribution in [0.3, 0.4) is 0 Å². The molecule has 0 aliphatic rings. The molecule has 0 aliphatic heterocycles. The largest absolute Gasteiger partial charge is 0.488 e. The van der Waals surface area contributed by atoms with Gasteiger partial charge < -0.3 is 15.4 Å². The summed E-state index contributed by atoms with van der Waals surface area (Å²) in [6.45, 7) is 2.81. The summed E-state index contributed by atoms with van der Waals surface area (Å²) < 4.78 is 0. The SMILES string of the molecule is OB(O)c1cccc(CNc2cccc(CN(Cc3ccccn3)Cc3ccccn3)c2)c1. The highest BCUT2D eigenvalue weighted by molar-refractivity contribution is 6.58. The van der Waals surface area contributed by atoms with E-state index in [4.69, 9.17) is 0 Å². The van der Waals surface area contributed by atoms with Crippen molar-refractivity contribution in [3.05, 3.63) is 120 Å². The van der Waals surface area contributed by atoms with Crippen LogP contribution in [0.1, 0.15) is 22.5 Å². The van der Waals surface area contributed by atoms with Crippen molar-refractivity contribution in [1.82, 2.24) is 14.9 Å². The van der Waals surface area contributed by atoms with E-state index < -0.39 is 7.12 Å². The zero-order valence-corrected chi connectivity index (χ0v) is 18.4. The van der Waals surface area contributed by atoms with Crippen LogP contribution in [0.5, 0.6) is 0 Å². The van der Waals surface area contributed by atoms with E-state index in [1.165, 1.54) is 5.56 Å². The number of benzene rings is 2. The van der Waals surface area contributed by atoms with Gasteiger partial charge in [-0.05, 0) is 53.0 Å². The lowest BCUT2D eigenvalue weighted by atomic mass is 9.79. The van der Waals surface area contributed by atoms with E-state index in [2.05, 4.69) is 32.3 Å². The topological polar surface area (TPSA) is 81.5 Å². The third-order valence-corrected chi connectivity index (χ3v) is 5.30. The predicted molar refractivity (Wildman–Crippen MR) is 131 cm³/mol. The molecule has 2 aromatic heterocycles. The summed E-state index contributed by atoms with van der Waals surface area (Å²) in [6.07, 6.45) is 3.65. The summed E-state index contributed by atoms with van der Waals surface area (Å²) in [5.74, 6) is 0. The average molecular weight is 438 g/mol. The quantitative estimate of drug-likeness (QED) is 0.331. The van der Waals surface area contributed by atoms with Gasteiger partial charge in [-0.1, -0.05) is 48.5 Å². The predicted octanol–water partition coefficient (Wildman–Crippen LogP) is 2.97. The maximum atomic E-state index is 9.39. The van der Waals surface area contributed by atoms with Crippen LogP contribution in [0.4, 0.5) is 5.69 Å². The molecule has 0 saturated heterocycles. The molecule has 0 amide bonds. The van der Waals surface area contributed by atoms with E-state index in [0.29, 0.717) is 12.0 Å². The van der Waals surface area contributed by atoms with E-state index in [1.807, 2.05) is 73.1 Å². The van der Waals surface area contributed by atoms with Crippen LogP contribution >= 0.6 is 0 Å². The van der Waals surface area contributed by atoms with Gasteiger partial charge in [0.2, 0.25) is 0 Å². The van der Waals surface area contributed by atoms with Crippen LogP contribution in [-0.4, -0.2) is 32.0 Å². The highest BCUT2D eigenvalue weighted by Crippen LogP contribution is 2.17. The zero-order valence-electron chi connectivity index (χ0n) is 18.4. The van der Waals surface area contributed by atoms with Crippen LogP contribution in [0.2, 0.25) is 0 Å². The molecule has 33 heavy (non-hydrogen) atoms. The van der Waals surface area contributed by atoms with Gasteiger partial charge >= 0.3 is 7.12 Å². The Hall–Kier alpha value is -3.52. The standard InChI is InChI=1S/C26H27BN4O2/c32-27(33)23-9-5-7-21(15-23)17-30-24-12-6-8-22(16-24)18-31(19-25-10-1-3-13-28-25)20-26-11-2-4-14-29-26/h1-16,30,32-33H,17-20H2. The molecule has 0 radical (unpaired) electrons. The van der Waals surface area contributed by atoms with Crippen LogP contribution in [0.15, 0.2) is 97.3 Å². The van der Waals surface area contributed by atoms with Gasteiger partial charge in [-0.25, -0.2) is 0 Å². The second-order valence-electron chi connectivity index (χ2n) is 7.96. The monoisotopic (exact) mass is 438 g/mol. The molecule has 0 unspecified atom stereocenters. The van der Waals surface area contributed by atoms with Crippen LogP contribution in [0, 0.1) is 0 Å². The molecule has 0 bridgehead atoms. The van der Waals surface area contributed by atoms with Gasteiger partial charge in [-0.15, -0.1) is 0 Å². The van der Waals surface area contributed by atoms with E-state index >= 15 is 0 Å². The smallest absolute Gasteiger partial charge is 0.423 e. The summed E-state index contributed by atoms with van der Waals surface area (Å²) in [6, 6.07) is 27.6. The van der Waals surface area contributed by atoms with Crippen molar-refractivity contribution in [2.24, 2.45) is 0 Å². The van der Waals surface area contributed by atoms with Crippen molar-refractivity contribution >= 4 is 18.3 Å². The third-order valence-electron chi connectivity index (χ3n) is 5.30. The van der Waals surface area contributed by atoms with Crippen molar-refractivity contribution in [1.29, 1.82) is 0 Å². The molecular formula is C26H27BN4O2. The first-order valence-electron chi connectivity index (χ1n) is 11.0. The minimum absolute atomic E-state index is 0.489. The number of nitrogens with zero attached hydrogens (tertiary/aromatic N) is 3. The lowest BCUT2D eigenvalue weighted by Gasteiger charge is -2.22. The third kappa shape index (κ3) is 6.98. The van der Waals surface area contributed by atoms with Gasteiger partial charge in [0, 0.05) is 44.3 Å². The minimum atomic E-state index is -1.46. The van der Waals surface area contributed by atoms with Crippen molar-refractivity contribution in [2.45, 2.75) is 26.2 Å². The van der Waals surface area contributed by atoms with Gasteiger partial charge in [-0.3, -0.25) is 14.9 Å². The zero-order chi connectivity index (χ0) is 22.9. The van der Waals surface area contributed by atoms with Gasteiger partial charge in [0.25, 0.3) is 0 Å². The first-order chi connectivity index (χ1) is 16.2. The summed E-state index contributed by atoms with van der Waals surface area (Å²) in [5.41, 5.74) is 5.72. The van der Waals surface area contributed by atoms with Crippen molar-refractivity contribution in [3.63, 3.8) is 0 Å². The highest BCUT2D eigenvalue weighted by atomic mass is 16.4. The Morgan fingerprint density at radius 2 is 1.36 bits per heavy atom. The number of pyridine rings is 2. The number of rotatable bonds is 10. The first-order valence-corrected chi connectivity index (χ1v) is 11.0. The molecule has 6 nitrogen and oxygen atoms in total. The average Bonchev–Trinajstić information content (AvgIpc) is 2.84. The lowest BCUT2D eigenvalue weighted by Crippen LogP contribution is -2.30. The summed E-state index contributed by atoms with van der Waals surface area (Å²) in [7, 11) is -1.46. The molecule has 2 aromatic carbocycles. The molecule has 0 atom stereocenters. The number of hydrogen-bond acceptors (Lipinski definition) is 6. The van der Waals surface area contributed by atoms with E-state index in [0.717, 1.165) is 42.3 Å². The molecule has 3 N–H and O–H groups in total. The number of nitrogens with one attached hydrogen (secondary N) is 1. The van der Waals surface area contributed by atoms with Crippen LogP contribution in [-0.2, 0) is 26.2 Å². The normalized spacial score (nSPS) is 10.9. The molecule has 0 aliphatic carbocycles. The molecule has 166 valence electrons. The molecule has 0 spiro atoms. The van der Waals surface area contributed by atoms with Gasteiger partial charge in [0.15, 0.2) is 0 Å². The Kier molecular flexibility index (Phi) is 7.82. The number of hydrogen-bond donors (Lipinski definition) is 3. The maximum Gasteiger partial charge on any atom is 0.488 e. The van der Waals surface area contributed by atoms with E-state index in [-0.39, 0.29) is 0 Å². The van der Waals surface area contributed by atoms with Gasteiger partial charge in [0.05, 0.1) is 11.4 Å². The van der Waals surface area contributed by atoms with Crippen molar-refractivity contribution in [2.75, 3.05) is 5.32 Å². The van der Waals surface area contributed by atoms with Gasteiger partial charge in [0.1, 0.15) is 0 Å². The summed E-state index contributed by atoms with van der Waals surface area (Å²) >= 11 is 0. The summed E-state index contributed by atoms with van der Waals surface area (Å²) in [5, 5.41) is 22.2. The van der Waals surface area contributed by atoms with Crippen molar-refractivity contribution in [3.8, 4) is 0 Å². The molecule has 0 saturated carbocycles. The highest BCUT2D eigenvalue weighted by Gasteiger charge is 2.12. The second kappa shape index (κ2) is 11.4. The Bertz CT molecular complexity index is 1100. The van der Waals surface area contributed by atoms with E-state index in [1.54, 1.807) is 12.1 Å². The Labute approximate surface area is 194 Å². The maximum absolute atomic E-state index is 9.39. The molecule has 4 aromatic rings. The Morgan fingerprint density at radius 3 is 2.00 bits per heavy atom. The fourth-order valence-corrected chi connectivity index (χ4v) is 3.71. The molecular weight excluding hydrogens is 411 g/mol. The van der Waals surface area contributed by atoms with Crippen LogP contribution in [0.25, 0.3) is 0 Å². The first kappa shape index (κ1) is 22.7. The lowest BCUT2D eigenvalue weighted by molar-refractivity contribution is 0.242. The van der Waals surface area contributed by atoms with Gasteiger partial charge in [-0.2, -0.15) is 0 Å². The fraction of sp³-hybridized carbons (Fsp3) is 0.154. The Morgan fingerprint density at radius 1 is 0.697 bits per heavy atom. The summed E-state index contributed by atoms with van der Waals surface area (Å²) in [4.78, 5) is 11.3. The van der Waals surface area contributed by atoms with E-state index in [9.17, 15) is 10.0 Å². The molecule has 2 heterocycles. The fourth-order valence-electron chi connectivity index (χ4n) is 3.71. The second-order valence-corrected chi connectivity index (χ2v) is 7.96. The molecule has 0 fully saturated rings. The number of anilines is 1. The number of aromatic nitrogens is 2. The minimum Gasteiger partial charge on any atom is -0.423 e.